The van der Waals surface area contributed by atoms with Crippen LogP contribution in [0.3, 0.4) is 0 Å². The van der Waals surface area contributed by atoms with E-state index in [-0.39, 0.29) is 12.8 Å². The van der Waals surface area contributed by atoms with E-state index in [0.29, 0.717) is 0 Å². The SMILES string of the molecule is COC(=O)CCC(NC(=O)C(C)NC(=O)C(C)OC1[C@H](O)C(CO)O[C@@H](O)[C@H]1NC(C)=O)C(=O)OC. The Bertz CT molecular complexity index is 794. The van der Waals surface area contributed by atoms with E-state index in [1.165, 1.54) is 21.0 Å². The molecular weight excluding hydrogens is 486 g/mol. The average molecular weight is 522 g/mol. The Balaban J connectivity index is 2.82. The van der Waals surface area contributed by atoms with Crippen LogP contribution in [0.2, 0.25) is 0 Å². The van der Waals surface area contributed by atoms with Crippen LogP contribution in [0.1, 0.15) is 33.6 Å². The van der Waals surface area contributed by atoms with E-state index in [0.717, 1.165) is 14.0 Å². The van der Waals surface area contributed by atoms with Crippen molar-refractivity contribution in [1.29, 1.82) is 0 Å². The normalized spacial score (nSPS) is 26.1. The maximum atomic E-state index is 12.6. The number of ether oxygens (including phenoxy) is 4. The molecule has 36 heavy (non-hydrogen) atoms. The Morgan fingerprint density at radius 2 is 1.64 bits per heavy atom. The van der Waals surface area contributed by atoms with E-state index in [1.807, 2.05) is 0 Å². The summed E-state index contributed by atoms with van der Waals surface area (Å²) in [6.45, 7) is 3.14. The number of aliphatic hydroxyl groups excluding tert-OH is 3. The zero-order chi connectivity index (χ0) is 27.6. The van der Waals surface area contributed by atoms with E-state index < -0.39 is 85.1 Å². The van der Waals surface area contributed by atoms with Crippen LogP contribution in [-0.2, 0) is 42.9 Å². The lowest BCUT2D eigenvalue weighted by Crippen LogP contribution is -2.65. The lowest BCUT2D eigenvalue weighted by atomic mass is 9.96. The highest BCUT2D eigenvalue weighted by Crippen LogP contribution is 2.23. The van der Waals surface area contributed by atoms with Crippen molar-refractivity contribution in [1.82, 2.24) is 16.0 Å². The molecule has 0 radical (unpaired) electrons. The number of hydrogen-bond acceptors (Lipinski definition) is 12. The van der Waals surface area contributed by atoms with Crippen LogP contribution in [0, 0.1) is 0 Å². The second-order valence-electron chi connectivity index (χ2n) is 8.14. The summed E-state index contributed by atoms with van der Waals surface area (Å²) < 4.78 is 19.8. The molecule has 1 fully saturated rings. The molecule has 0 spiro atoms. The monoisotopic (exact) mass is 521 g/mol. The Kier molecular flexibility index (Phi) is 12.7. The summed E-state index contributed by atoms with van der Waals surface area (Å²) in [6, 6.07) is -3.58. The third kappa shape index (κ3) is 8.98. The van der Waals surface area contributed by atoms with Crippen LogP contribution < -0.4 is 16.0 Å². The molecule has 3 amide bonds. The fourth-order valence-electron chi connectivity index (χ4n) is 3.38. The van der Waals surface area contributed by atoms with Gasteiger partial charge in [-0.3, -0.25) is 19.2 Å². The molecule has 5 unspecified atom stereocenters. The molecule has 1 saturated heterocycles. The first-order valence-corrected chi connectivity index (χ1v) is 11.2. The van der Waals surface area contributed by atoms with Gasteiger partial charge in [-0.05, 0) is 20.3 Å². The second-order valence-corrected chi connectivity index (χ2v) is 8.14. The molecular formula is C21H35N3O12. The van der Waals surface area contributed by atoms with Gasteiger partial charge in [0.1, 0.15) is 42.5 Å². The third-order valence-electron chi connectivity index (χ3n) is 5.39. The van der Waals surface area contributed by atoms with Crippen LogP contribution in [0.15, 0.2) is 0 Å². The molecule has 8 atom stereocenters. The van der Waals surface area contributed by atoms with Gasteiger partial charge < -0.3 is 50.2 Å². The smallest absolute Gasteiger partial charge is 0.328 e. The summed E-state index contributed by atoms with van der Waals surface area (Å²) in [5.41, 5.74) is 0. The lowest BCUT2D eigenvalue weighted by Gasteiger charge is -2.43. The molecule has 0 bridgehead atoms. The second kappa shape index (κ2) is 14.6. The number of nitrogens with one attached hydrogen (secondary N) is 3. The summed E-state index contributed by atoms with van der Waals surface area (Å²) in [5, 5.41) is 37.1. The van der Waals surface area contributed by atoms with E-state index >= 15 is 0 Å². The summed E-state index contributed by atoms with van der Waals surface area (Å²) in [5.74, 6) is -3.50. The van der Waals surface area contributed by atoms with Crippen molar-refractivity contribution in [3.63, 3.8) is 0 Å². The topological polar surface area (TPSA) is 219 Å². The first-order chi connectivity index (χ1) is 16.9. The van der Waals surface area contributed by atoms with Crippen molar-refractivity contribution in [2.45, 2.75) is 82.4 Å². The number of amides is 3. The average Bonchev–Trinajstić information content (AvgIpc) is 2.84. The van der Waals surface area contributed by atoms with Crippen molar-refractivity contribution in [3.8, 4) is 0 Å². The lowest BCUT2D eigenvalue weighted by molar-refractivity contribution is -0.266. The van der Waals surface area contributed by atoms with Crippen LogP contribution in [-0.4, -0.2) is 115 Å². The van der Waals surface area contributed by atoms with Gasteiger partial charge >= 0.3 is 11.9 Å². The minimum absolute atomic E-state index is 0.0915. The fourth-order valence-corrected chi connectivity index (χ4v) is 3.38. The molecule has 0 aromatic rings. The highest BCUT2D eigenvalue weighted by atomic mass is 16.6. The predicted octanol–water partition coefficient (Wildman–Crippen LogP) is -3.55. The van der Waals surface area contributed by atoms with Gasteiger partial charge in [0.2, 0.25) is 17.7 Å². The van der Waals surface area contributed by atoms with Crippen LogP contribution in [0.4, 0.5) is 0 Å². The summed E-state index contributed by atoms with van der Waals surface area (Å²) in [7, 11) is 2.29. The minimum atomic E-state index is -1.64. The molecule has 1 heterocycles. The van der Waals surface area contributed by atoms with Crippen molar-refractivity contribution in [2.75, 3.05) is 20.8 Å². The number of hydrogen-bond donors (Lipinski definition) is 6. The first-order valence-electron chi connectivity index (χ1n) is 11.2. The standard InChI is InChI=1S/C21H35N3O12/c1-9(18(29)24-12(20(31)34-5)6-7-14(27)33-4)22-19(30)10(2)35-17-15(23-11(3)26)21(32)36-13(8-25)16(17)28/h9-10,12-13,15-17,21,25,28,32H,6-8H2,1-5H3,(H,22,30)(H,23,26)(H,24,29)/t9?,10?,12?,13?,15-,16+,17?,21+/m0/s1. The van der Waals surface area contributed by atoms with Gasteiger partial charge in [-0.1, -0.05) is 0 Å². The molecule has 15 nitrogen and oxygen atoms in total. The van der Waals surface area contributed by atoms with Gasteiger partial charge in [0, 0.05) is 13.3 Å². The van der Waals surface area contributed by atoms with Gasteiger partial charge in [0.25, 0.3) is 0 Å². The first kappa shape index (κ1) is 31.2. The van der Waals surface area contributed by atoms with E-state index in [1.54, 1.807) is 0 Å². The maximum absolute atomic E-state index is 12.6. The van der Waals surface area contributed by atoms with Crippen LogP contribution >= 0.6 is 0 Å². The molecule has 1 rings (SSSR count). The van der Waals surface area contributed by atoms with Gasteiger partial charge in [-0.2, -0.15) is 0 Å². The molecule has 206 valence electrons. The van der Waals surface area contributed by atoms with Crippen molar-refractivity contribution in [2.24, 2.45) is 0 Å². The number of aliphatic hydroxyl groups is 3. The molecule has 1 aliphatic rings. The minimum Gasteiger partial charge on any atom is -0.469 e. The van der Waals surface area contributed by atoms with Crippen molar-refractivity contribution < 1.29 is 58.2 Å². The van der Waals surface area contributed by atoms with Crippen molar-refractivity contribution >= 4 is 29.7 Å². The number of carbonyl (C=O) groups excluding carboxylic acids is 5. The molecule has 6 N–H and O–H groups in total. The number of carbonyl (C=O) groups is 5. The largest absolute Gasteiger partial charge is 0.469 e. The Labute approximate surface area is 207 Å². The number of esters is 2. The Hall–Kier alpha value is -2.85. The summed E-state index contributed by atoms with van der Waals surface area (Å²) >= 11 is 0. The quantitative estimate of drug-likeness (QED) is 0.138. The molecule has 15 heteroatoms. The molecule has 0 aliphatic carbocycles. The zero-order valence-electron chi connectivity index (χ0n) is 20.8. The predicted molar refractivity (Wildman–Crippen MR) is 119 cm³/mol. The van der Waals surface area contributed by atoms with Gasteiger partial charge in [-0.25, -0.2) is 4.79 Å². The highest BCUT2D eigenvalue weighted by Gasteiger charge is 2.47. The zero-order valence-corrected chi connectivity index (χ0v) is 20.8. The van der Waals surface area contributed by atoms with E-state index in [9.17, 15) is 39.3 Å². The molecule has 0 aromatic carbocycles. The molecule has 1 aliphatic heterocycles. The third-order valence-corrected chi connectivity index (χ3v) is 5.39. The Morgan fingerprint density at radius 1 is 1.00 bits per heavy atom. The fraction of sp³-hybridized carbons (Fsp3) is 0.762. The Morgan fingerprint density at radius 3 is 2.17 bits per heavy atom. The molecule has 0 aromatic heterocycles. The summed E-state index contributed by atoms with van der Waals surface area (Å²) in [6.07, 6.45) is -7.28. The van der Waals surface area contributed by atoms with E-state index in [2.05, 4.69) is 25.4 Å². The maximum Gasteiger partial charge on any atom is 0.328 e. The van der Waals surface area contributed by atoms with Gasteiger partial charge in [0.05, 0.1) is 20.8 Å². The molecule has 0 saturated carbocycles. The van der Waals surface area contributed by atoms with Crippen LogP contribution in [0.5, 0.6) is 0 Å². The van der Waals surface area contributed by atoms with Crippen LogP contribution in [0.25, 0.3) is 0 Å². The highest BCUT2D eigenvalue weighted by molar-refractivity contribution is 5.91. The van der Waals surface area contributed by atoms with Crippen molar-refractivity contribution in [3.05, 3.63) is 0 Å². The van der Waals surface area contributed by atoms with Gasteiger partial charge in [0.15, 0.2) is 6.29 Å². The number of rotatable bonds is 12. The summed E-state index contributed by atoms with van der Waals surface area (Å²) in [4.78, 5) is 60.0. The van der Waals surface area contributed by atoms with E-state index in [4.69, 9.17) is 9.47 Å². The number of methoxy groups -OCH3 is 2. The van der Waals surface area contributed by atoms with Gasteiger partial charge in [-0.15, -0.1) is 0 Å².